The Balaban J connectivity index is 1.87. The van der Waals surface area contributed by atoms with E-state index in [0.29, 0.717) is 37.6 Å². The molecule has 0 bridgehead atoms. The topological polar surface area (TPSA) is 57.7 Å². The Hall–Kier alpha value is -1.59. The molecule has 1 amide bonds. The predicted molar refractivity (Wildman–Crippen MR) is 97.3 cm³/mol. The molecule has 1 aliphatic carbocycles. The lowest BCUT2D eigenvalue weighted by Gasteiger charge is -2.37. The van der Waals surface area contributed by atoms with Gasteiger partial charge in [0, 0.05) is 51.4 Å². The Morgan fingerprint density at radius 1 is 1.16 bits per heavy atom. The van der Waals surface area contributed by atoms with Crippen LogP contribution < -0.4 is 4.90 Å². The van der Waals surface area contributed by atoms with Gasteiger partial charge in [-0.15, -0.1) is 0 Å². The minimum absolute atomic E-state index is 0.0323. The first-order valence-corrected chi connectivity index (χ1v) is 9.15. The van der Waals surface area contributed by atoms with Crippen LogP contribution in [-0.4, -0.2) is 48.0 Å². The van der Waals surface area contributed by atoms with E-state index in [4.69, 9.17) is 23.2 Å². The number of Topliss-reactive ketones (excluding diaryl/α,β-unsaturated/α-hetero) is 1. The molecule has 134 valence electrons. The summed E-state index contributed by atoms with van der Waals surface area (Å²) in [6.45, 7) is 4.14. The van der Waals surface area contributed by atoms with Crippen molar-refractivity contribution in [1.82, 2.24) is 4.90 Å². The van der Waals surface area contributed by atoms with Gasteiger partial charge in [-0.1, -0.05) is 23.7 Å². The van der Waals surface area contributed by atoms with Crippen molar-refractivity contribution in [2.45, 2.75) is 25.7 Å². The third-order valence-corrected chi connectivity index (χ3v) is 5.73. The molecule has 1 saturated carbocycles. The number of anilines is 1. The third kappa shape index (κ3) is 3.67. The second-order valence-corrected chi connectivity index (χ2v) is 7.41. The molecule has 1 heterocycles. The van der Waals surface area contributed by atoms with Crippen LogP contribution in [0.5, 0.6) is 0 Å². The molecule has 25 heavy (non-hydrogen) atoms. The maximum absolute atomic E-state index is 12.5. The Kier molecular flexibility index (Phi) is 5.35. The van der Waals surface area contributed by atoms with Gasteiger partial charge in [-0.05, 0) is 29.7 Å². The predicted octanol–water partition coefficient (Wildman–Crippen LogP) is 2.84. The van der Waals surface area contributed by atoms with Crippen molar-refractivity contribution < 1.29 is 14.4 Å². The molecule has 5 nitrogen and oxygen atoms in total. The molecule has 0 aromatic heterocycles. The van der Waals surface area contributed by atoms with Crippen LogP contribution in [-0.2, 0) is 14.4 Å². The zero-order valence-electron chi connectivity index (χ0n) is 14.0. The fourth-order valence-electron chi connectivity index (χ4n) is 3.75. The molecule has 0 N–H and O–H groups in total. The second-order valence-electron chi connectivity index (χ2n) is 6.63. The Morgan fingerprint density at radius 3 is 2.40 bits per heavy atom. The van der Waals surface area contributed by atoms with Crippen LogP contribution >= 0.6 is 23.2 Å². The molecular weight excluding hydrogens is 363 g/mol. The van der Waals surface area contributed by atoms with E-state index in [9.17, 15) is 14.4 Å². The van der Waals surface area contributed by atoms with Crippen molar-refractivity contribution in [3.63, 3.8) is 0 Å². The quantitative estimate of drug-likeness (QED) is 0.754. The van der Waals surface area contributed by atoms with E-state index in [0.717, 1.165) is 11.3 Å². The highest BCUT2D eigenvalue weighted by atomic mass is 35.5. The maximum atomic E-state index is 12.5. The van der Waals surface area contributed by atoms with Gasteiger partial charge in [0.05, 0.1) is 10.7 Å². The summed E-state index contributed by atoms with van der Waals surface area (Å²) in [5.41, 5.74) is 1.70. The van der Waals surface area contributed by atoms with E-state index in [1.165, 1.54) is 0 Å². The van der Waals surface area contributed by atoms with E-state index in [2.05, 4.69) is 4.90 Å². The number of para-hydroxylation sites is 1. The number of hydrogen-bond donors (Lipinski definition) is 0. The Morgan fingerprint density at radius 2 is 1.84 bits per heavy atom. The number of carbonyl (C=O) groups excluding carboxylic acids is 3. The van der Waals surface area contributed by atoms with Gasteiger partial charge in [0.15, 0.2) is 0 Å². The number of carbonyl (C=O) groups is 3. The normalized spacial score (nSPS) is 23.9. The van der Waals surface area contributed by atoms with Gasteiger partial charge in [0.2, 0.25) is 11.1 Å². The molecule has 2 aliphatic rings. The average molecular weight is 383 g/mol. The molecule has 0 unspecified atom stereocenters. The van der Waals surface area contributed by atoms with Crippen molar-refractivity contribution in [2.24, 2.45) is 5.92 Å². The first-order valence-electron chi connectivity index (χ1n) is 8.39. The lowest BCUT2D eigenvalue weighted by molar-refractivity contribution is -0.129. The van der Waals surface area contributed by atoms with Crippen molar-refractivity contribution in [3.8, 4) is 0 Å². The Bertz CT molecular complexity index is 714. The number of halogens is 2. The van der Waals surface area contributed by atoms with Crippen LogP contribution in [0, 0.1) is 5.92 Å². The van der Waals surface area contributed by atoms with Crippen molar-refractivity contribution in [3.05, 3.63) is 28.8 Å². The SMILES string of the molecule is CC(=O)N1CCN(c2c(Cl)cccc2[C@@H]2C[C@H](C(=O)Cl)CC2=O)CC1. The minimum atomic E-state index is -0.450. The fourth-order valence-corrected chi connectivity index (χ4v) is 4.22. The molecule has 1 aliphatic heterocycles. The maximum Gasteiger partial charge on any atom is 0.225 e. The summed E-state index contributed by atoms with van der Waals surface area (Å²) >= 11 is 12.1. The van der Waals surface area contributed by atoms with Gasteiger partial charge in [-0.25, -0.2) is 0 Å². The van der Waals surface area contributed by atoms with E-state index in [1.54, 1.807) is 17.9 Å². The number of ketones is 1. The summed E-state index contributed by atoms with van der Waals surface area (Å²) in [6.07, 6.45) is 0.624. The molecule has 0 spiro atoms. The van der Waals surface area contributed by atoms with Gasteiger partial charge in [0.1, 0.15) is 5.78 Å². The number of amides is 1. The first-order chi connectivity index (χ1) is 11.9. The van der Waals surface area contributed by atoms with Gasteiger partial charge in [0.25, 0.3) is 0 Å². The molecule has 2 atom stereocenters. The van der Waals surface area contributed by atoms with Gasteiger partial charge in [-0.3, -0.25) is 14.4 Å². The fraction of sp³-hybridized carbons (Fsp3) is 0.500. The van der Waals surface area contributed by atoms with Gasteiger partial charge >= 0.3 is 0 Å². The lowest BCUT2D eigenvalue weighted by atomic mass is 9.93. The highest BCUT2D eigenvalue weighted by Gasteiger charge is 2.39. The van der Waals surface area contributed by atoms with Gasteiger partial charge < -0.3 is 9.80 Å². The van der Waals surface area contributed by atoms with Crippen molar-refractivity contribution in [1.29, 1.82) is 0 Å². The summed E-state index contributed by atoms with van der Waals surface area (Å²) in [6, 6.07) is 5.54. The average Bonchev–Trinajstić information content (AvgIpc) is 2.97. The molecular formula is C18H20Cl2N2O3. The number of nitrogens with zero attached hydrogens (tertiary/aromatic N) is 2. The molecule has 3 rings (SSSR count). The standard InChI is InChI=1S/C18H20Cl2N2O3/c1-11(23)21-5-7-22(8-6-21)17-13(3-2-4-15(17)19)14-9-12(18(20)25)10-16(14)24/h2-4,12,14H,5-10H2,1H3/t12-,14-/m0/s1. The zero-order valence-corrected chi connectivity index (χ0v) is 15.5. The highest BCUT2D eigenvalue weighted by molar-refractivity contribution is 6.64. The number of benzene rings is 1. The molecule has 7 heteroatoms. The first kappa shape index (κ1) is 18.2. The van der Waals surface area contributed by atoms with Crippen molar-refractivity contribution >= 4 is 45.8 Å². The summed E-state index contributed by atoms with van der Waals surface area (Å²) < 4.78 is 0. The largest absolute Gasteiger partial charge is 0.367 e. The van der Waals surface area contributed by atoms with Crippen LogP contribution in [0.4, 0.5) is 5.69 Å². The number of rotatable bonds is 3. The Labute approximate surface area is 156 Å². The summed E-state index contributed by atoms with van der Waals surface area (Å²) in [5, 5.41) is 0.136. The van der Waals surface area contributed by atoms with Crippen LogP contribution in [0.25, 0.3) is 0 Å². The second kappa shape index (κ2) is 7.34. The molecule has 1 saturated heterocycles. The van der Waals surface area contributed by atoms with E-state index < -0.39 is 11.2 Å². The zero-order chi connectivity index (χ0) is 18.1. The smallest absolute Gasteiger partial charge is 0.225 e. The molecule has 1 aromatic carbocycles. The van der Waals surface area contributed by atoms with E-state index in [1.807, 2.05) is 12.1 Å². The monoisotopic (exact) mass is 382 g/mol. The summed E-state index contributed by atoms with van der Waals surface area (Å²) in [7, 11) is 0. The molecule has 1 aromatic rings. The summed E-state index contributed by atoms with van der Waals surface area (Å²) in [4.78, 5) is 39.4. The number of piperazine rings is 1. The summed E-state index contributed by atoms with van der Waals surface area (Å²) in [5.74, 6) is -0.675. The van der Waals surface area contributed by atoms with Crippen molar-refractivity contribution in [2.75, 3.05) is 31.1 Å². The van der Waals surface area contributed by atoms with E-state index in [-0.39, 0.29) is 24.0 Å². The van der Waals surface area contributed by atoms with E-state index >= 15 is 0 Å². The highest BCUT2D eigenvalue weighted by Crippen LogP contribution is 2.43. The number of hydrogen-bond acceptors (Lipinski definition) is 4. The van der Waals surface area contributed by atoms with Crippen LogP contribution in [0.2, 0.25) is 5.02 Å². The van der Waals surface area contributed by atoms with Crippen LogP contribution in [0.15, 0.2) is 18.2 Å². The minimum Gasteiger partial charge on any atom is -0.367 e. The molecule has 2 fully saturated rings. The lowest BCUT2D eigenvalue weighted by Crippen LogP contribution is -2.48. The third-order valence-electron chi connectivity index (χ3n) is 5.11. The van der Waals surface area contributed by atoms with Gasteiger partial charge in [-0.2, -0.15) is 0 Å². The van der Waals surface area contributed by atoms with Crippen LogP contribution in [0.3, 0.4) is 0 Å². The molecule has 0 radical (unpaired) electrons. The van der Waals surface area contributed by atoms with Crippen LogP contribution in [0.1, 0.15) is 31.2 Å².